The molecule has 3 heterocycles. The SMILES string of the molecule is Cc1nn(CC(=O)Nc2cnn(Cc3ccc(Cl)cc3Cl)c2)c2nc(C(F)F)cc(C(F)F)c12. The number of pyridine rings is 1. The number of alkyl halides is 4. The molecule has 3 aromatic heterocycles. The number of aromatic nitrogens is 5. The second kappa shape index (κ2) is 9.59. The summed E-state index contributed by atoms with van der Waals surface area (Å²) in [6.07, 6.45) is -3.08. The highest BCUT2D eigenvalue weighted by atomic mass is 35.5. The summed E-state index contributed by atoms with van der Waals surface area (Å²) < 4.78 is 55.9. The number of carbonyl (C=O) groups excluding carboxylic acids is 1. The molecule has 7 nitrogen and oxygen atoms in total. The fourth-order valence-corrected chi connectivity index (χ4v) is 3.94. The minimum atomic E-state index is -3.06. The molecule has 0 saturated carbocycles. The number of carbonyl (C=O) groups is 1. The predicted octanol–water partition coefficient (Wildman–Crippen LogP) is 5.81. The second-order valence-corrected chi connectivity index (χ2v) is 8.23. The van der Waals surface area contributed by atoms with Gasteiger partial charge in [-0.05, 0) is 30.7 Å². The van der Waals surface area contributed by atoms with Gasteiger partial charge in [0.05, 0.1) is 29.5 Å². The van der Waals surface area contributed by atoms with Gasteiger partial charge in [-0.2, -0.15) is 10.2 Å². The molecule has 0 aliphatic heterocycles. The highest BCUT2D eigenvalue weighted by Crippen LogP contribution is 2.32. The molecular formula is C21H16Cl2F4N6O. The average molecular weight is 515 g/mol. The van der Waals surface area contributed by atoms with Crippen molar-refractivity contribution in [3.8, 4) is 0 Å². The summed E-state index contributed by atoms with van der Waals surface area (Å²) in [5.74, 6) is -0.573. The first-order valence-corrected chi connectivity index (χ1v) is 10.6. The van der Waals surface area contributed by atoms with E-state index in [-0.39, 0.29) is 16.7 Å². The van der Waals surface area contributed by atoms with Crippen molar-refractivity contribution in [1.29, 1.82) is 0 Å². The van der Waals surface area contributed by atoms with Gasteiger partial charge >= 0.3 is 0 Å². The normalized spacial score (nSPS) is 11.7. The Balaban J connectivity index is 1.53. The van der Waals surface area contributed by atoms with Gasteiger partial charge in [-0.3, -0.25) is 9.48 Å². The number of rotatable bonds is 7. The lowest BCUT2D eigenvalue weighted by Gasteiger charge is -2.08. The molecule has 34 heavy (non-hydrogen) atoms. The zero-order chi connectivity index (χ0) is 24.6. The van der Waals surface area contributed by atoms with Crippen LogP contribution in [0.1, 0.15) is 35.4 Å². The Hall–Kier alpha value is -3.18. The second-order valence-electron chi connectivity index (χ2n) is 7.39. The first-order chi connectivity index (χ1) is 16.1. The van der Waals surface area contributed by atoms with Crippen molar-refractivity contribution in [1.82, 2.24) is 24.5 Å². The van der Waals surface area contributed by atoms with Crippen LogP contribution in [0.3, 0.4) is 0 Å². The first-order valence-electron chi connectivity index (χ1n) is 9.83. The van der Waals surface area contributed by atoms with Gasteiger partial charge in [-0.1, -0.05) is 29.3 Å². The Kier molecular flexibility index (Phi) is 6.76. The van der Waals surface area contributed by atoms with Gasteiger partial charge < -0.3 is 5.32 Å². The minimum Gasteiger partial charge on any atom is -0.322 e. The van der Waals surface area contributed by atoms with Crippen LogP contribution in [-0.4, -0.2) is 30.5 Å². The summed E-state index contributed by atoms with van der Waals surface area (Å²) in [5.41, 5.74) is -0.356. The lowest BCUT2D eigenvalue weighted by Crippen LogP contribution is -2.19. The van der Waals surface area contributed by atoms with Crippen LogP contribution in [0.25, 0.3) is 11.0 Å². The van der Waals surface area contributed by atoms with E-state index in [0.717, 1.165) is 10.2 Å². The molecule has 4 aromatic rings. The zero-order valence-electron chi connectivity index (χ0n) is 17.4. The maximum absolute atomic E-state index is 13.5. The van der Waals surface area contributed by atoms with Gasteiger partial charge in [0.1, 0.15) is 12.2 Å². The van der Waals surface area contributed by atoms with Gasteiger partial charge in [0.15, 0.2) is 5.65 Å². The van der Waals surface area contributed by atoms with Crippen LogP contribution in [0.4, 0.5) is 23.2 Å². The molecule has 0 unspecified atom stereocenters. The van der Waals surface area contributed by atoms with Gasteiger partial charge in [0, 0.05) is 21.8 Å². The van der Waals surface area contributed by atoms with E-state index in [1.54, 1.807) is 29.1 Å². The zero-order valence-corrected chi connectivity index (χ0v) is 19.0. The molecule has 0 spiro atoms. The average Bonchev–Trinajstić information content (AvgIpc) is 3.33. The van der Waals surface area contributed by atoms with E-state index >= 15 is 0 Å². The molecule has 0 saturated heterocycles. The maximum atomic E-state index is 13.5. The number of amides is 1. The monoisotopic (exact) mass is 514 g/mol. The molecule has 0 bridgehead atoms. The fraction of sp³-hybridized carbons (Fsp3) is 0.238. The minimum absolute atomic E-state index is 0.0557. The van der Waals surface area contributed by atoms with Crippen LogP contribution in [0, 0.1) is 6.92 Å². The van der Waals surface area contributed by atoms with Gasteiger partial charge in [-0.25, -0.2) is 27.2 Å². The summed E-state index contributed by atoms with van der Waals surface area (Å²) in [4.78, 5) is 16.3. The van der Waals surface area contributed by atoms with E-state index in [2.05, 4.69) is 20.5 Å². The molecule has 1 amide bonds. The molecule has 0 aliphatic rings. The van der Waals surface area contributed by atoms with E-state index < -0.39 is 36.6 Å². The number of nitrogens with one attached hydrogen (secondary N) is 1. The van der Waals surface area contributed by atoms with Gasteiger partial charge in [-0.15, -0.1) is 0 Å². The van der Waals surface area contributed by atoms with Crippen molar-refractivity contribution >= 4 is 45.8 Å². The molecular weight excluding hydrogens is 499 g/mol. The third kappa shape index (κ3) is 5.00. The summed E-state index contributed by atoms with van der Waals surface area (Å²) >= 11 is 12.1. The predicted molar refractivity (Wildman–Crippen MR) is 119 cm³/mol. The van der Waals surface area contributed by atoms with Crippen molar-refractivity contribution in [3.63, 3.8) is 0 Å². The molecule has 1 N–H and O–H groups in total. The molecule has 1 aromatic carbocycles. The number of nitrogens with zero attached hydrogens (tertiary/aromatic N) is 5. The summed E-state index contributed by atoms with van der Waals surface area (Å²) in [6, 6.07) is 5.72. The molecule has 0 atom stereocenters. The summed E-state index contributed by atoms with van der Waals surface area (Å²) in [6.45, 7) is 1.34. The van der Waals surface area contributed by atoms with E-state index in [4.69, 9.17) is 23.2 Å². The van der Waals surface area contributed by atoms with Gasteiger partial charge in [0.25, 0.3) is 12.9 Å². The van der Waals surface area contributed by atoms with Crippen molar-refractivity contribution in [3.05, 3.63) is 69.2 Å². The Morgan fingerprint density at radius 1 is 1.15 bits per heavy atom. The number of hydrogen-bond acceptors (Lipinski definition) is 4. The van der Waals surface area contributed by atoms with E-state index in [1.807, 2.05) is 0 Å². The molecule has 4 rings (SSSR count). The third-order valence-electron chi connectivity index (χ3n) is 4.94. The number of anilines is 1. The van der Waals surface area contributed by atoms with Crippen LogP contribution in [-0.2, 0) is 17.9 Å². The number of aryl methyl sites for hydroxylation is 1. The summed E-state index contributed by atoms with van der Waals surface area (Å²) in [5, 5.41) is 11.7. The van der Waals surface area contributed by atoms with E-state index in [9.17, 15) is 22.4 Å². The van der Waals surface area contributed by atoms with Crippen molar-refractivity contribution in [2.75, 3.05) is 5.32 Å². The van der Waals surface area contributed by atoms with Crippen LogP contribution < -0.4 is 5.32 Å². The molecule has 13 heteroatoms. The quantitative estimate of drug-likeness (QED) is 0.316. The number of fused-ring (bicyclic) bond motifs is 1. The van der Waals surface area contributed by atoms with Crippen LogP contribution in [0.5, 0.6) is 0 Å². The Morgan fingerprint density at radius 3 is 2.59 bits per heavy atom. The Morgan fingerprint density at radius 2 is 1.91 bits per heavy atom. The lowest BCUT2D eigenvalue weighted by molar-refractivity contribution is -0.116. The largest absolute Gasteiger partial charge is 0.322 e. The molecule has 0 aliphatic carbocycles. The first kappa shape index (κ1) is 24.0. The highest BCUT2D eigenvalue weighted by Gasteiger charge is 2.24. The van der Waals surface area contributed by atoms with Crippen LogP contribution in [0.2, 0.25) is 10.0 Å². The van der Waals surface area contributed by atoms with E-state index in [0.29, 0.717) is 28.3 Å². The topological polar surface area (TPSA) is 77.6 Å². The summed E-state index contributed by atoms with van der Waals surface area (Å²) in [7, 11) is 0. The Labute approximate surface area is 200 Å². The smallest absolute Gasteiger partial charge is 0.280 e. The maximum Gasteiger partial charge on any atom is 0.280 e. The fourth-order valence-electron chi connectivity index (χ4n) is 3.48. The Bertz CT molecular complexity index is 1370. The van der Waals surface area contributed by atoms with Crippen molar-refractivity contribution in [2.45, 2.75) is 32.9 Å². The molecule has 178 valence electrons. The van der Waals surface area contributed by atoms with E-state index in [1.165, 1.54) is 13.1 Å². The van der Waals surface area contributed by atoms with Crippen molar-refractivity contribution in [2.24, 2.45) is 0 Å². The lowest BCUT2D eigenvalue weighted by atomic mass is 10.1. The number of benzene rings is 1. The highest BCUT2D eigenvalue weighted by molar-refractivity contribution is 6.35. The molecule has 0 fully saturated rings. The van der Waals surface area contributed by atoms with Crippen LogP contribution >= 0.6 is 23.2 Å². The van der Waals surface area contributed by atoms with Crippen molar-refractivity contribution < 1.29 is 22.4 Å². The number of halogens is 6. The van der Waals surface area contributed by atoms with Crippen LogP contribution in [0.15, 0.2) is 36.7 Å². The molecule has 0 radical (unpaired) electrons. The third-order valence-corrected chi connectivity index (χ3v) is 5.53. The van der Waals surface area contributed by atoms with Gasteiger partial charge in [0.2, 0.25) is 5.91 Å². The standard InChI is InChI=1S/C21H16Cl2F4N6O/c1-10-18-14(19(24)25)5-16(20(26)27)30-21(18)33(31-10)9-17(34)29-13-6-28-32(8-13)7-11-2-3-12(22)4-15(11)23/h2-6,8,19-20H,7,9H2,1H3,(H,29,34). The number of hydrogen-bond donors (Lipinski definition) is 1.